The van der Waals surface area contributed by atoms with Crippen molar-refractivity contribution < 1.29 is 13.9 Å². The molecule has 3 heterocycles. The van der Waals surface area contributed by atoms with E-state index in [0.29, 0.717) is 22.6 Å². The van der Waals surface area contributed by atoms with Crippen molar-refractivity contribution >= 4 is 44.0 Å². The molecule has 2 aromatic carbocycles. The molecule has 32 heavy (non-hydrogen) atoms. The molecule has 2 aliphatic heterocycles. The number of methoxy groups -OCH3 is 1. The van der Waals surface area contributed by atoms with Crippen molar-refractivity contribution in [2.45, 2.75) is 13.0 Å². The number of hydrogen-bond acceptors (Lipinski definition) is 7. The highest BCUT2D eigenvalue weighted by atomic mass is 32.1. The van der Waals surface area contributed by atoms with Gasteiger partial charge in [-0.3, -0.25) is 9.69 Å². The van der Waals surface area contributed by atoms with Gasteiger partial charge in [0.25, 0.3) is 0 Å². The predicted octanol–water partition coefficient (Wildman–Crippen LogP) is 3.54. The Hall–Kier alpha value is -2.91. The summed E-state index contributed by atoms with van der Waals surface area (Å²) in [4.78, 5) is 22.9. The number of benzene rings is 2. The number of thiazole rings is 1. The minimum atomic E-state index is -0.327. The summed E-state index contributed by atoms with van der Waals surface area (Å²) in [7, 11) is 1.56. The number of nitrogens with zero attached hydrogens (tertiary/aromatic N) is 4. The summed E-state index contributed by atoms with van der Waals surface area (Å²) in [6, 6.07) is 11.2. The molecule has 0 radical (unpaired) electrons. The van der Waals surface area contributed by atoms with E-state index >= 15 is 0 Å². The van der Waals surface area contributed by atoms with Gasteiger partial charge in [0.2, 0.25) is 5.91 Å². The number of amides is 1. The van der Waals surface area contributed by atoms with Crippen molar-refractivity contribution in [3.05, 3.63) is 42.2 Å². The highest BCUT2D eigenvalue weighted by Gasteiger charge is 2.34. The number of likely N-dealkylation sites (tertiary alicyclic amines) is 1. The molecule has 2 aliphatic rings. The summed E-state index contributed by atoms with van der Waals surface area (Å²) >= 11 is 1.53. The lowest BCUT2D eigenvalue weighted by Gasteiger charge is -2.48. The molecule has 2 fully saturated rings. The van der Waals surface area contributed by atoms with E-state index in [1.54, 1.807) is 20.1 Å². The van der Waals surface area contributed by atoms with Crippen LogP contribution < -0.4 is 15.0 Å². The van der Waals surface area contributed by atoms with Gasteiger partial charge in [-0.25, -0.2) is 9.37 Å². The molecule has 9 heteroatoms. The average Bonchev–Trinajstić information content (AvgIpc) is 3.14. The normalized spacial score (nSPS) is 17.5. The van der Waals surface area contributed by atoms with Gasteiger partial charge in [0.15, 0.2) is 5.13 Å². The van der Waals surface area contributed by atoms with Crippen LogP contribution in [-0.4, -0.2) is 73.1 Å². The lowest BCUT2D eigenvalue weighted by atomic mass is 10.1. The lowest BCUT2D eigenvalue weighted by molar-refractivity contribution is -0.136. The van der Waals surface area contributed by atoms with Crippen LogP contribution in [0.1, 0.15) is 6.92 Å². The number of anilines is 3. The van der Waals surface area contributed by atoms with E-state index in [-0.39, 0.29) is 11.7 Å². The Labute approximate surface area is 190 Å². The van der Waals surface area contributed by atoms with Crippen LogP contribution in [0.3, 0.4) is 0 Å². The molecule has 0 bridgehead atoms. The Balaban J connectivity index is 1.25. The first-order valence-electron chi connectivity index (χ1n) is 10.8. The molecule has 3 aromatic rings. The molecule has 0 spiro atoms. The number of piperazine rings is 1. The molecule has 1 aromatic heterocycles. The number of nitrogens with one attached hydrogen (secondary N) is 1. The molecule has 7 nitrogen and oxygen atoms in total. The summed E-state index contributed by atoms with van der Waals surface area (Å²) in [6.45, 7) is 7.25. The topological polar surface area (TPSA) is 60.9 Å². The summed E-state index contributed by atoms with van der Waals surface area (Å²) in [6.07, 6.45) is 0. The van der Waals surface area contributed by atoms with Crippen LogP contribution in [0, 0.1) is 5.82 Å². The maximum absolute atomic E-state index is 13.7. The van der Waals surface area contributed by atoms with Gasteiger partial charge in [0.05, 0.1) is 23.0 Å². The van der Waals surface area contributed by atoms with Crippen LogP contribution in [-0.2, 0) is 4.79 Å². The summed E-state index contributed by atoms with van der Waals surface area (Å²) < 4.78 is 20.1. The Bertz CT molecular complexity index is 1140. The number of aromatic nitrogens is 1. The Kier molecular flexibility index (Phi) is 5.60. The third-order valence-corrected chi connectivity index (χ3v) is 7.23. The van der Waals surface area contributed by atoms with Gasteiger partial charge in [0.1, 0.15) is 11.6 Å². The standard InChI is InChI=1S/C23H26FN5O2S/c1-15(30)29-13-18(14-29)28-9-7-27(8-10-28)17-4-6-22-20(12-17)26-23(32-22)25-19-11-16(24)3-5-21(19)31-2/h3-6,11-12,18H,7-10,13-14H2,1-2H3,(H,25,26). The van der Waals surface area contributed by atoms with Crippen LogP contribution in [0.25, 0.3) is 10.2 Å². The average molecular weight is 456 g/mol. The number of carbonyl (C=O) groups is 1. The van der Waals surface area contributed by atoms with Gasteiger partial charge in [-0.05, 0) is 30.3 Å². The van der Waals surface area contributed by atoms with E-state index < -0.39 is 0 Å². The van der Waals surface area contributed by atoms with E-state index in [4.69, 9.17) is 9.72 Å². The second-order valence-electron chi connectivity index (χ2n) is 8.24. The van der Waals surface area contributed by atoms with E-state index in [2.05, 4.69) is 33.3 Å². The van der Waals surface area contributed by atoms with Gasteiger partial charge in [-0.15, -0.1) is 0 Å². The highest BCUT2D eigenvalue weighted by molar-refractivity contribution is 7.22. The number of halogens is 1. The van der Waals surface area contributed by atoms with Gasteiger partial charge >= 0.3 is 0 Å². The zero-order valence-electron chi connectivity index (χ0n) is 18.2. The van der Waals surface area contributed by atoms with E-state index in [0.717, 1.165) is 55.2 Å². The first kappa shape index (κ1) is 21.0. The van der Waals surface area contributed by atoms with Crippen molar-refractivity contribution in [2.75, 3.05) is 56.6 Å². The number of ether oxygens (including phenoxy) is 1. The second-order valence-corrected chi connectivity index (χ2v) is 9.27. The molecule has 1 amide bonds. The zero-order valence-corrected chi connectivity index (χ0v) is 19.0. The molecule has 2 saturated heterocycles. The molecule has 1 N–H and O–H groups in total. The Morgan fingerprint density at radius 2 is 1.94 bits per heavy atom. The quantitative estimate of drug-likeness (QED) is 0.635. The van der Waals surface area contributed by atoms with Gasteiger partial charge in [-0.1, -0.05) is 11.3 Å². The zero-order chi connectivity index (χ0) is 22.2. The number of rotatable bonds is 5. The van der Waals surface area contributed by atoms with Gasteiger partial charge in [0, 0.05) is 64.0 Å². The Morgan fingerprint density at radius 1 is 1.16 bits per heavy atom. The van der Waals surface area contributed by atoms with E-state index in [9.17, 15) is 9.18 Å². The number of fused-ring (bicyclic) bond motifs is 1. The van der Waals surface area contributed by atoms with Crippen LogP contribution in [0.15, 0.2) is 36.4 Å². The first-order chi connectivity index (χ1) is 15.5. The smallest absolute Gasteiger partial charge is 0.219 e. The maximum atomic E-state index is 13.7. The van der Waals surface area contributed by atoms with Crippen LogP contribution in [0.5, 0.6) is 5.75 Å². The fourth-order valence-corrected chi connectivity index (χ4v) is 5.21. The van der Waals surface area contributed by atoms with Crippen LogP contribution in [0.4, 0.5) is 20.9 Å². The molecule has 168 valence electrons. The summed E-state index contributed by atoms with van der Waals surface area (Å²) in [5.41, 5.74) is 2.64. The fraction of sp³-hybridized carbons (Fsp3) is 0.391. The van der Waals surface area contributed by atoms with Crippen molar-refractivity contribution in [1.82, 2.24) is 14.8 Å². The van der Waals surface area contributed by atoms with Crippen LogP contribution >= 0.6 is 11.3 Å². The summed E-state index contributed by atoms with van der Waals surface area (Å²) in [5.74, 6) is 0.412. The van der Waals surface area contributed by atoms with Gasteiger partial charge in [-0.2, -0.15) is 0 Å². The molecule has 0 unspecified atom stereocenters. The second kappa shape index (κ2) is 8.55. The maximum Gasteiger partial charge on any atom is 0.219 e. The molecule has 0 saturated carbocycles. The van der Waals surface area contributed by atoms with E-state index in [1.165, 1.54) is 23.5 Å². The monoisotopic (exact) mass is 455 g/mol. The Morgan fingerprint density at radius 3 is 2.66 bits per heavy atom. The van der Waals surface area contributed by atoms with Crippen molar-refractivity contribution in [2.24, 2.45) is 0 Å². The molecule has 5 rings (SSSR count). The third-order valence-electron chi connectivity index (χ3n) is 6.28. The SMILES string of the molecule is COc1ccc(F)cc1Nc1nc2cc(N3CCN(C4CN(C(C)=O)C4)CC3)ccc2s1. The summed E-state index contributed by atoms with van der Waals surface area (Å²) in [5, 5.41) is 3.89. The number of hydrogen-bond donors (Lipinski definition) is 1. The highest BCUT2D eigenvalue weighted by Crippen LogP contribution is 2.34. The fourth-order valence-electron chi connectivity index (χ4n) is 4.35. The molecular weight excluding hydrogens is 429 g/mol. The van der Waals surface area contributed by atoms with Crippen molar-refractivity contribution in [1.29, 1.82) is 0 Å². The number of carbonyl (C=O) groups excluding carboxylic acids is 1. The largest absolute Gasteiger partial charge is 0.495 e. The molecule has 0 atom stereocenters. The molecule has 0 aliphatic carbocycles. The first-order valence-corrected chi connectivity index (χ1v) is 11.6. The lowest BCUT2D eigenvalue weighted by Crippen LogP contribution is -2.63. The van der Waals surface area contributed by atoms with Gasteiger partial charge < -0.3 is 19.9 Å². The minimum absolute atomic E-state index is 0.168. The minimum Gasteiger partial charge on any atom is -0.495 e. The molecular formula is C23H26FN5O2S. The van der Waals surface area contributed by atoms with Crippen molar-refractivity contribution in [3.8, 4) is 5.75 Å². The third kappa shape index (κ3) is 4.10. The predicted molar refractivity (Wildman–Crippen MR) is 126 cm³/mol. The van der Waals surface area contributed by atoms with Crippen LogP contribution in [0.2, 0.25) is 0 Å². The van der Waals surface area contributed by atoms with E-state index in [1.807, 2.05) is 4.90 Å². The van der Waals surface area contributed by atoms with Crippen molar-refractivity contribution in [3.63, 3.8) is 0 Å².